The van der Waals surface area contributed by atoms with Gasteiger partial charge in [-0.05, 0) is 67.3 Å². The highest BCUT2D eigenvalue weighted by Crippen LogP contribution is 2.31. The van der Waals surface area contributed by atoms with E-state index in [0.717, 1.165) is 29.7 Å². The van der Waals surface area contributed by atoms with Gasteiger partial charge in [0, 0.05) is 22.8 Å². The van der Waals surface area contributed by atoms with Gasteiger partial charge in [-0.2, -0.15) is 0 Å². The zero-order valence-electron chi connectivity index (χ0n) is 12.8. The van der Waals surface area contributed by atoms with E-state index in [-0.39, 0.29) is 17.8 Å². The summed E-state index contributed by atoms with van der Waals surface area (Å²) in [6.07, 6.45) is 4.94. The van der Waals surface area contributed by atoms with Crippen LogP contribution in [0.2, 0.25) is 5.02 Å². The number of aryl methyl sites for hydroxylation is 1. The molecule has 0 saturated carbocycles. The molecule has 4 heteroatoms. The van der Waals surface area contributed by atoms with Crippen molar-refractivity contribution in [2.24, 2.45) is 0 Å². The standard InChI is InChI=1S/C19H17ClFNO/c1-13-2-6-15-12-17(21)9-10-18(15)22(13)19(23)11-5-14-3-7-16(20)8-4-14/h3-5,7-13H,2,6H2,1H3/b11-5+. The molecule has 1 unspecified atom stereocenters. The largest absolute Gasteiger partial charge is 0.306 e. The van der Waals surface area contributed by atoms with E-state index >= 15 is 0 Å². The maximum Gasteiger partial charge on any atom is 0.251 e. The fraction of sp³-hybridized carbons (Fsp3) is 0.211. The highest BCUT2D eigenvalue weighted by molar-refractivity contribution is 6.30. The van der Waals surface area contributed by atoms with Crippen LogP contribution in [-0.4, -0.2) is 11.9 Å². The van der Waals surface area contributed by atoms with Crippen molar-refractivity contribution >= 4 is 29.3 Å². The predicted octanol–water partition coefficient (Wildman–Crippen LogP) is 4.86. The van der Waals surface area contributed by atoms with E-state index in [9.17, 15) is 9.18 Å². The Labute approximate surface area is 140 Å². The molecule has 2 aromatic carbocycles. The summed E-state index contributed by atoms with van der Waals surface area (Å²) in [6, 6.07) is 12.0. The minimum atomic E-state index is -0.262. The fourth-order valence-corrected chi connectivity index (χ4v) is 3.00. The van der Waals surface area contributed by atoms with Crippen molar-refractivity contribution in [3.8, 4) is 0 Å². The quantitative estimate of drug-likeness (QED) is 0.720. The Balaban J connectivity index is 1.85. The summed E-state index contributed by atoms with van der Waals surface area (Å²) in [4.78, 5) is 14.4. The molecule has 23 heavy (non-hydrogen) atoms. The molecule has 0 radical (unpaired) electrons. The summed E-state index contributed by atoms with van der Waals surface area (Å²) in [5.74, 6) is -0.359. The van der Waals surface area contributed by atoms with Crippen LogP contribution in [0.15, 0.2) is 48.5 Å². The number of halogens is 2. The van der Waals surface area contributed by atoms with Crippen LogP contribution in [0.5, 0.6) is 0 Å². The van der Waals surface area contributed by atoms with Crippen LogP contribution in [0, 0.1) is 5.82 Å². The molecule has 0 aliphatic carbocycles. The molecule has 1 aliphatic rings. The molecule has 118 valence electrons. The predicted molar refractivity (Wildman–Crippen MR) is 92.2 cm³/mol. The third kappa shape index (κ3) is 3.45. The van der Waals surface area contributed by atoms with Crippen LogP contribution >= 0.6 is 11.6 Å². The molecule has 1 aliphatic heterocycles. The summed E-state index contributed by atoms with van der Waals surface area (Å²) in [7, 11) is 0. The van der Waals surface area contributed by atoms with Gasteiger partial charge in [0.05, 0.1) is 0 Å². The maximum atomic E-state index is 13.4. The third-order valence-corrected chi connectivity index (χ3v) is 4.35. The number of amides is 1. The van der Waals surface area contributed by atoms with Crippen LogP contribution in [0.4, 0.5) is 10.1 Å². The molecule has 0 aromatic heterocycles. The summed E-state index contributed by atoms with van der Waals surface area (Å²) in [5.41, 5.74) is 2.60. The molecule has 1 amide bonds. The number of benzene rings is 2. The first kappa shape index (κ1) is 15.8. The molecular weight excluding hydrogens is 313 g/mol. The Morgan fingerprint density at radius 2 is 2.00 bits per heavy atom. The number of hydrogen-bond donors (Lipinski definition) is 0. The van der Waals surface area contributed by atoms with E-state index in [0.29, 0.717) is 5.02 Å². The molecule has 0 spiro atoms. The maximum absolute atomic E-state index is 13.4. The van der Waals surface area contributed by atoms with Gasteiger partial charge in [0.1, 0.15) is 5.82 Å². The van der Waals surface area contributed by atoms with Gasteiger partial charge in [-0.25, -0.2) is 4.39 Å². The summed E-state index contributed by atoms with van der Waals surface area (Å²) >= 11 is 5.85. The Morgan fingerprint density at radius 1 is 1.26 bits per heavy atom. The second kappa shape index (κ2) is 6.55. The lowest BCUT2D eigenvalue weighted by Gasteiger charge is -2.34. The fourth-order valence-electron chi connectivity index (χ4n) is 2.88. The molecule has 1 heterocycles. The number of anilines is 1. The molecule has 2 nitrogen and oxygen atoms in total. The lowest BCUT2D eigenvalue weighted by atomic mass is 9.96. The van der Waals surface area contributed by atoms with E-state index in [4.69, 9.17) is 11.6 Å². The number of carbonyl (C=O) groups is 1. The van der Waals surface area contributed by atoms with Gasteiger partial charge in [-0.15, -0.1) is 0 Å². The molecular formula is C19H17ClFNO. The van der Waals surface area contributed by atoms with E-state index in [2.05, 4.69) is 0 Å². The van der Waals surface area contributed by atoms with E-state index in [1.807, 2.05) is 19.1 Å². The van der Waals surface area contributed by atoms with Crippen LogP contribution in [0.25, 0.3) is 6.08 Å². The number of carbonyl (C=O) groups excluding carboxylic acids is 1. The van der Waals surface area contributed by atoms with E-state index in [1.54, 1.807) is 35.3 Å². The Bertz CT molecular complexity index is 754. The van der Waals surface area contributed by atoms with Gasteiger partial charge in [0.2, 0.25) is 0 Å². The van der Waals surface area contributed by atoms with E-state index < -0.39 is 0 Å². The highest BCUT2D eigenvalue weighted by Gasteiger charge is 2.27. The minimum Gasteiger partial charge on any atom is -0.306 e. The first-order chi connectivity index (χ1) is 11.0. The van der Waals surface area contributed by atoms with Crippen molar-refractivity contribution in [1.82, 2.24) is 0 Å². The number of hydrogen-bond acceptors (Lipinski definition) is 1. The zero-order chi connectivity index (χ0) is 16.4. The van der Waals surface area contributed by atoms with Crippen molar-refractivity contribution in [2.75, 3.05) is 4.90 Å². The topological polar surface area (TPSA) is 20.3 Å². The van der Waals surface area contributed by atoms with Gasteiger partial charge in [-0.3, -0.25) is 4.79 Å². The minimum absolute atomic E-state index is 0.0929. The first-order valence-electron chi connectivity index (χ1n) is 7.60. The van der Waals surface area contributed by atoms with Crippen molar-refractivity contribution in [1.29, 1.82) is 0 Å². The Morgan fingerprint density at radius 3 is 2.74 bits per heavy atom. The second-order valence-corrected chi connectivity index (χ2v) is 6.19. The van der Waals surface area contributed by atoms with Gasteiger partial charge >= 0.3 is 0 Å². The van der Waals surface area contributed by atoms with Crippen molar-refractivity contribution in [3.05, 3.63) is 70.5 Å². The summed E-state index contributed by atoms with van der Waals surface area (Å²) < 4.78 is 13.4. The van der Waals surface area contributed by atoms with Crippen LogP contribution in [0.1, 0.15) is 24.5 Å². The number of nitrogens with zero attached hydrogens (tertiary/aromatic N) is 1. The van der Waals surface area contributed by atoms with Crippen molar-refractivity contribution in [3.63, 3.8) is 0 Å². The van der Waals surface area contributed by atoms with Crippen LogP contribution in [-0.2, 0) is 11.2 Å². The van der Waals surface area contributed by atoms with Gasteiger partial charge in [0.15, 0.2) is 0 Å². The molecule has 0 N–H and O–H groups in total. The zero-order valence-corrected chi connectivity index (χ0v) is 13.6. The van der Waals surface area contributed by atoms with Crippen LogP contribution < -0.4 is 4.90 Å². The molecule has 1 atom stereocenters. The summed E-state index contributed by atoms with van der Waals surface area (Å²) in [6.45, 7) is 2.01. The molecule has 0 fully saturated rings. The van der Waals surface area contributed by atoms with Crippen molar-refractivity contribution < 1.29 is 9.18 Å². The van der Waals surface area contributed by atoms with Crippen molar-refractivity contribution in [2.45, 2.75) is 25.8 Å². The van der Waals surface area contributed by atoms with Crippen LogP contribution in [0.3, 0.4) is 0 Å². The van der Waals surface area contributed by atoms with Gasteiger partial charge in [-0.1, -0.05) is 23.7 Å². The van der Waals surface area contributed by atoms with Gasteiger partial charge < -0.3 is 4.90 Å². The van der Waals surface area contributed by atoms with Gasteiger partial charge in [0.25, 0.3) is 5.91 Å². The molecule has 2 aromatic rings. The Hall–Kier alpha value is -2.13. The first-order valence-corrected chi connectivity index (χ1v) is 7.97. The normalized spacial score (nSPS) is 17.3. The molecule has 0 bridgehead atoms. The monoisotopic (exact) mass is 329 g/mol. The smallest absolute Gasteiger partial charge is 0.251 e. The Kier molecular flexibility index (Phi) is 4.49. The number of rotatable bonds is 2. The SMILES string of the molecule is CC1CCc2cc(F)ccc2N1C(=O)/C=C/c1ccc(Cl)cc1. The second-order valence-electron chi connectivity index (χ2n) is 5.75. The summed E-state index contributed by atoms with van der Waals surface area (Å²) in [5, 5.41) is 0.661. The molecule has 3 rings (SSSR count). The lowest BCUT2D eigenvalue weighted by Crippen LogP contribution is -2.41. The van der Waals surface area contributed by atoms with E-state index in [1.165, 1.54) is 12.1 Å². The average molecular weight is 330 g/mol. The lowest BCUT2D eigenvalue weighted by molar-refractivity contribution is -0.114. The third-order valence-electron chi connectivity index (χ3n) is 4.10. The molecule has 0 saturated heterocycles. The highest BCUT2D eigenvalue weighted by atomic mass is 35.5. The average Bonchev–Trinajstić information content (AvgIpc) is 2.54. The number of fused-ring (bicyclic) bond motifs is 1.